The smallest absolute Gasteiger partial charge is 0.312 e. The van der Waals surface area contributed by atoms with E-state index < -0.39 is 40.2 Å². The van der Waals surface area contributed by atoms with Gasteiger partial charge in [0.2, 0.25) is 0 Å². The van der Waals surface area contributed by atoms with Crippen LogP contribution in [-0.2, 0) is 16.0 Å². The number of aliphatic hydroxyl groups excluding tert-OH is 2. The number of allylic oxidation sites excluding steroid dienone is 2. The molecule has 1 aromatic rings. The molecule has 0 heterocycles. The lowest BCUT2D eigenvalue weighted by Gasteiger charge is -2.50. The average molecular weight is 611 g/mol. The number of aliphatic hydroxyl groups is 3. The van der Waals surface area contributed by atoms with Gasteiger partial charge in [0, 0.05) is 11.8 Å². The highest BCUT2D eigenvalue weighted by molar-refractivity contribution is 5.76. The molecule has 1 aromatic carbocycles. The first-order chi connectivity index (χ1) is 20.2. The van der Waals surface area contributed by atoms with Crippen molar-refractivity contribution >= 4 is 5.97 Å². The second-order valence-electron chi connectivity index (χ2n) is 16.3. The Balaban J connectivity index is 1.84. The van der Waals surface area contributed by atoms with Gasteiger partial charge in [-0.1, -0.05) is 96.5 Å². The van der Waals surface area contributed by atoms with E-state index in [0.29, 0.717) is 24.7 Å². The first-order valence-electron chi connectivity index (χ1n) is 17.0. The molecule has 5 heteroatoms. The predicted octanol–water partition coefficient (Wildman–Crippen LogP) is 8.31. The molecule has 0 saturated heterocycles. The van der Waals surface area contributed by atoms with E-state index in [1.165, 1.54) is 23.6 Å². The Hall–Kier alpha value is -1.95. The Bertz CT molecular complexity index is 1190. The highest BCUT2D eigenvalue weighted by Crippen LogP contribution is 2.51. The zero-order valence-electron chi connectivity index (χ0n) is 29.5. The third kappa shape index (κ3) is 7.53. The van der Waals surface area contributed by atoms with Crippen molar-refractivity contribution in [1.82, 2.24) is 0 Å². The summed E-state index contributed by atoms with van der Waals surface area (Å²) >= 11 is 0. The van der Waals surface area contributed by atoms with Crippen LogP contribution in [0.5, 0.6) is 0 Å². The maximum atomic E-state index is 13.8. The molecule has 0 aliphatic heterocycles. The lowest BCUT2D eigenvalue weighted by atomic mass is 9.58. The molecule has 0 amide bonds. The monoisotopic (exact) mass is 610 g/mol. The van der Waals surface area contributed by atoms with Gasteiger partial charge >= 0.3 is 5.97 Å². The molecule has 0 radical (unpaired) electrons. The fourth-order valence-electron chi connectivity index (χ4n) is 7.33. The van der Waals surface area contributed by atoms with Crippen LogP contribution in [0.25, 0.3) is 0 Å². The Morgan fingerprint density at radius 3 is 1.98 bits per heavy atom. The second-order valence-corrected chi connectivity index (χ2v) is 16.3. The highest BCUT2D eigenvalue weighted by atomic mass is 16.6. The maximum absolute atomic E-state index is 13.8. The minimum absolute atomic E-state index is 0.0808. The van der Waals surface area contributed by atoms with Gasteiger partial charge in [0.15, 0.2) is 0 Å². The summed E-state index contributed by atoms with van der Waals surface area (Å²) in [5.74, 6) is 0.594. The average Bonchev–Trinajstić information content (AvgIpc) is 2.95. The standard InChI is InChI=1S/C39H62O5/c1-26(2)32-14-12-31(13-15-32)24-37(27(3)4)22-20-36(11,21-23-37)33(41)39(43,30(8)40)25-35(9,10)34(42)44-38(28(5)6)18-16-29(7)17-19-38/h12-16,20,22,26-28,30,33,40-41,43H,17-19,21,23-25H2,1-11H3. The molecule has 0 saturated carbocycles. The van der Waals surface area contributed by atoms with E-state index in [2.05, 4.69) is 91.0 Å². The summed E-state index contributed by atoms with van der Waals surface area (Å²) in [6.07, 6.45) is 8.51. The minimum atomic E-state index is -1.92. The van der Waals surface area contributed by atoms with Crippen molar-refractivity contribution in [1.29, 1.82) is 0 Å². The third-order valence-corrected chi connectivity index (χ3v) is 11.4. The fourth-order valence-corrected chi connectivity index (χ4v) is 7.33. The maximum Gasteiger partial charge on any atom is 0.312 e. The molecule has 0 fully saturated rings. The number of hydrogen-bond acceptors (Lipinski definition) is 5. The first-order valence-corrected chi connectivity index (χ1v) is 17.0. The molecule has 0 spiro atoms. The van der Waals surface area contributed by atoms with Gasteiger partial charge in [0.05, 0.1) is 17.6 Å². The van der Waals surface area contributed by atoms with Crippen LogP contribution < -0.4 is 0 Å². The Kier molecular flexibility index (Phi) is 11.1. The summed E-state index contributed by atoms with van der Waals surface area (Å²) in [4.78, 5) is 13.8. The second kappa shape index (κ2) is 13.4. The Morgan fingerprint density at radius 2 is 1.55 bits per heavy atom. The van der Waals surface area contributed by atoms with Crippen LogP contribution >= 0.6 is 0 Å². The van der Waals surface area contributed by atoms with Crippen molar-refractivity contribution in [3.05, 3.63) is 59.2 Å². The molecule has 2 aliphatic carbocycles. The molecule has 3 rings (SSSR count). The van der Waals surface area contributed by atoms with E-state index in [0.717, 1.165) is 25.7 Å². The van der Waals surface area contributed by atoms with E-state index in [9.17, 15) is 20.1 Å². The topological polar surface area (TPSA) is 87.0 Å². The number of carbonyl (C=O) groups excluding carboxylic acids is 1. The molecule has 0 aromatic heterocycles. The Labute approximate surface area is 268 Å². The zero-order chi connectivity index (χ0) is 33.3. The Morgan fingerprint density at radius 1 is 0.932 bits per heavy atom. The van der Waals surface area contributed by atoms with Crippen LogP contribution in [0.1, 0.15) is 132 Å². The molecule has 248 valence electrons. The molecular weight excluding hydrogens is 548 g/mol. The van der Waals surface area contributed by atoms with Gasteiger partial charge in [-0.05, 0) is 101 Å². The van der Waals surface area contributed by atoms with Crippen molar-refractivity contribution in [2.75, 3.05) is 0 Å². The van der Waals surface area contributed by atoms with Crippen molar-refractivity contribution in [3.63, 3.8) is 0 Å². The summed E-state index contributed by atoms with van der Waals surface area (Å²) in [5, 5.41) is 35.0. The third-order valence-electron chi connectivity index (χ3n) is 11.4. The lowest BCUT2D eigenvalue weighted by molar-refractivity contribution is -0.203. The number of benzene rings is 1. The number of rotatable bonds is 12. The van der Waals surface area contributed by atoms with Gasteiger partial charge in [0.1, 0.15) is 11.2 Å². The minimum Gasteiger partial charge on any atom is -0.458 e. The van der Waals surface area contributed by atoms with Gasteiger partial charge in [0.25, 0.3) is 0 Å². The molecule has 6 unspecified atom stereocenters. The van der Waals surface area contributed by atoms with Crippen molar-refractivity contribution < 1.29 is 24.9 Å². The molecule has 6 atom stereocenters. The van der Waals surface area contributed by atoms with Crippen LogP contribution in [0.3, 0.4) is 0 Å². The van der Waals surface area contributed by atoms with Gasteiger partial charge < -0.3 is 20.1 Å². The van der Waals surface area contributed by atoms with Gasteiger partial charge in [-0.2, -0.15) is 0 Å². The quantitative estimate of drug-likeness (QED) is 0.164. The summed E-state index contributed by atoms with van der Waals surface area (Å²) in [6, 6.07) is 8.91. The number of hydrogen-bond donors (Lipinski definition) is 3. The molecule has 44 heavy (non-hydrogen) atoms. The number of esters is 1. The van der Waals surface area contributed by atoms with E-state index in [1.807, 2.05) is 6.92 Å². The molecule has 0 bridgehead atoms. The van der Waals surface area contributed by atoms with Crippen LogP contribution in [0.2, 0.25) is 0 Å². The van der Waals surface area contributed by atoms with E-state index in [-0.39, 0.29) is 17.8 Å². The zero-order valence-corrected chi connectivity index (χ0v) is 29.5. The fraction of sp³-hybridized carbons (Fsp3) is 0.718. The number of ether oxygens (including phenoxy) is 1. The lowest BCUT2D eigenvalue weighted by Crippen LogP contribution is -2.60. The first kappa shape index (κ1) is 36.5. The van der Waals surface area contributed by atoms with E-state index >= 15 is 0 Å². The summed E-state index contributed by atoms with van der Waals surface area (Å²) < 4.78 is 6.29. The van der Waals surface area contributed by atoms with Gasteiger partial charge in [-0.25, -0.2) is 0 Å². The highest BCUT2D eigenvalue weighted by Gasteiger charge is 2.55. The van der Waals surface area contributed by atoms with E-state index in [1.54, 1.807) is 13.8 Å². The SMILES string of the molecule is CC1=CCC(OC(=O)C(C)(C)CC(O)(C(C)O)C(O)C2(C)C=CC(Cc3ccc(C(C)C)cc3)(C(C)C)CC2)(C(C)C)CC1. The van der Waals surface area contributed by atoms with Crippen LogP contribution in [0, 0.1) is 28.1 Å². The summed E-state index contributed by atoms with van der Waals surface area (Å²) in [5.41, 5.74) is -0.579. The van der Waals surface area contributed by atoms with Crippen LogP contribution in [0.4, 0.5) is 0 Å². The normalized spacial score (nSPS) is 29.0. The van der Waals surface area contributed by atoms with Crippen molar-refractivity contribution in [3.8, 4) is 0 Å². The summed E-state index contributed by atoms with van der Waals surface area (Å²) in [7, 11) is 0. The molecule has 5 nitrogen and oxygen atoms in total. The number of carbonyl (C=O) groups is 1. The molecular formula is C39H62O5. The van der Waals surface area contributed by atoms with Crippen LogP contribution in [-0.4, -0.2) is 44.7 Å². The molecule has 2 aliphatic rings. The van der Waals surface area contributed by atoms with Gasteiger partial charge in [-0.3, -0.25) is 4.79 Å². The van der Waals surface area contributed by atoms with Crippen molar-refractivity contribution in [2.24, 2.45) is 28.1 Å². The van der Waals surface area contributed by atoms with Crippen LogP contribution in [0.15, 0.2) is 48.1 Å². The van der Waals surface area contributed by atoms with E-state index in [4.69, 9.17) is 4.74 Å². The summed E-state index contributed by atoms with van der Waals surface area (Å²) in [6.45, 7) is 22.1. The molecule has 3 N–H and O–H groups in total. The van der Waals surface area contributed by atoms with Crippen molar-refractivity contribution in [2.45, 2.75) is 150 Å². The predicted molar refractivity (Wildman–Crippen MR) is 180 cm³/mol. The largest absolute Gasteiger partial charge is 0.458 e. The van der Waals surface area contributed by atoms with Gasteiger partial charge in [-0.15, -0.1) is 0 Å².